The lowest BCUT2D eigenvalue weighted by Gasteiger charge is -2.25. The number of hydrogen-bond acceptors (Lipinski definition) is 4. The second-order valence-electron chi connectivity index (χ2n) is 4.69. The summed E-state index contributed by atoms with van der Waals surface area (Å²) in [6, 6.07) is 4.16. The molecular formula is C13H21ClN2O2S. The molecule has 19 heavy (non-hydrogen) atoms. The van der Waals surface area contributed by atoms with Crippen LogP contribution < -0.4 is 5.32 Å². The third-order valence-electron chi connectivity index (χ3n) is 3.03. The first-order chi connectivity index (χ1) is 8.65. The third-order valence-corrected chi connectivity index (χ3v) is 4.17. The van der Waals surface area contributed by atoms with Crippen molar-refractivity contribution < 1.29 is 9.21 Å². The van der Waals surface area contributed by atoms with E-state index in [1.807, 2.05) is 37.9 Å². The highest BCUT2D eigenvalue weighted by atomic mass is 35.5. The van der Waals surface area contributed by atoms with E-state index in [4.69, 9.17) is 4.42 Å². The van der Waals surface area contributed by atoms with Gasteiger partial charge in [0, 0.05) is 37.6 Å². The Hall–Kier alpha value is -0.650. The van der Waals surface area contributed by atoms with Crippen LogP contribution in [-0.2, 0) is 11.3 Å². The molecule has 1 saturated heterocycles. The molecule has 6 heteroatoms. The van der Waals surface area contributed by atoms with Crippen molar-refractivity contribution in [2.24, 2.45) is 0 Å². The van der Waals surface area contributed by atoms with Gasteiger partial charge in [-0.25, -0.2) is 0 Å². The van der Waals surface area contributed by atoms with Gasteiger partial charge in [-0.05, 0) is 19.1 Å². The zero-order valence-electron chi connectivity index (χ0n) is 11.3. The van der Waals surface area contributed by atoms with Crippen molar-refractivity contribution in [3.63, 3.8) is 0 Å². The fourth-order valence-corrected chi connectivity index (χ4v) is 2.96. The zero-order chi connectivity index (χ0) is 13.0. The molecule has 1 aliphatic heterocycles. The molecule has 2 rings (SSSR count). The first-order valence-corrected chi connectivity index (χ1v) is 7.41. The largest absolute Gasteiger partial charge is 0.464 e. The molecule has 1 aliphatic rings. The molecule has 0 bridgehead atoms. The molecule has 1 fully saturated rings. The first kappa shape index (κ1) is 16.4. The summed E-state index contributed by atoms with van der Waals surface area (Å²) in [4.78, 5) is 13.8. The molecule has 1 aromatic rings. The lowest BCUT2D eigenvalue weighted by atomic mass is 10.2. The average molecular weight is 305 g/mol. The van der Waals surface area contributed by atoms with Crippen molar-refractivity contribution in [1.29, 1.82) is 0 Å². The number of nitrogens with one attached hydrogen (secondary N) is 1. The number of halogens is 1. The minimum Gasteiger partial charge on any atom is -0.464 e. The lowest BCUT2D eigenvalue weighted by Crippen LogP contribution is -2.41. The molecule has 0 spiro atoms. The zero-order valence-corrected chi connectivity index (χ0v) is 13.0. The quantitative estimate of drug-likeness (QED) is 0.925. The van der Waals surface area contributed by atoms with Crippen LogP contribution in [0.1, 0.15) is 17.9 Å². The maximum Gasteiger partial charge on any atom is 0.224 e. The van der Waals surface area contributed by atoms with E-state index in [0.29, 0.717) is 19.0 Å². The fourth-order valence-electron chi connectivity index (χ4n) is 2.01. The average Bonchev–Trinajstić information content (AvgIpc) is 2.76. The predicted molar refractivity (Wildman–Crippen MR) is 80.9 cm³/mol. The Morgan fingerprint density at radius 2 is 2.37 bits per heavy atom. The van der Waals surface area contributed by atoms with Crippen LogP contribution in [0.2, 0.25) is 0 Å². The molecule has 1 aromatic heterocycles. The van der Waals surface area contributed by atoms with Gasteiger partial charge < -0.3 is 14.6 Å². The molecule has 1 unspecified atom stereocenters. The van der Waals surface area contributed by atoms with Crippen LogP contribution in [-0.4, -0.2) is 41.9 Å². The van der Waals surface area contributed by atoms with Gasteiger partial charge in [-0.1, -0.05) is 0 Å². The minimum atomic E-state index is 0. The van der Waals surface area contributed by atoms with Crippen molar-refractivity contribution in [3.8, 4) is 0 Å². The molecule has 108 valence electrons. The fraction of sp³-hybridized carbons (Fsp3) is 0.615. The molecule has 1 amide bonds. The minimum absolute atomic E-state index is 0. The van der Waals surface area contributed by atoms with Crippen molar-refractivity contribution in [1.82, 2.24) is 10.2 Å². The summed E-state index contributed by atoms with van der Waals surface area (Å²) in [5.74, 6) is 4.07. The van der Waals surface area contributed by atoms with Crippen molar-refractivity contribution in [3.05, 3.63) is 23.7 Å². The molecule has 0 aliphatic carbocycles. The van der Waals surface area contributed by atoms with E-state index in [9.17, 15) is 4.79 Å². The number of furan rings is 1. The normalized spacial score (nSPS) is 18.7. The highest BCUT2D eigenvalue weighted by molar-refractivity contribution is 7.99. The maximum absolute atomic E-state index is 12.1. The molecule has 0 saturated carbocycles. The number of thioether (sulfide) groups is 1. The van der Waals surface area contributed by atoms with Crippen molar-refractivity contribution in [2.75, 3.05) is 25.1 Å². The van der Waals surface area contributed by atoms with Crippen LogP contribution in [0.4, 0.5) is 0 Å². The van der Waals surface area contributed by atoms with Crippen LogP contribution >= 0.6 is 24.2 Å². The van der Waals surface area contributed by atoms with E-state index < -0.39 is 0 Å². The Bertz CT molecular complexity index is 405. The Morgan fingerprint density at radius 3 is 2.95 bits per heavy atom. The Balaban J connectivity index is 0.00000180. The Labute approximate surface area is 124 Å². The topological polar surface area (TPSA) is 45.5 Å². The van der Waals surface area contributed by atoms with Gasteiger partial charge in [0.05, 0.1) is 6.54 Å². The summed E-state index contributed by atoms with van der Waals surface area (Å²) in [6.45, 7) is 3.46. The first-order valence-electron chi connectivity index (χ1n) is 6.25. The van der Waals surface area contributed by atoms with Gasteiger partial charge >= 0.3 is 0 Å². The van der Waals surface area contributed by atoms with Gasteiger partial charge in [-0.3, -0.25) is 4.79 Å². The number of amides is 1. The number of rotatable bonds is 4. The van der Waals surface area contributed by atoms with Gasteiger partial charge in [0.25, 0.3) is 0 Å². The monoisotopic (exact) mass is 304 g/mol. The van der Waals surface area contributed by atoms with Crippen molar-refractivity contribution >= 4 is 30.1 Å². The Morgan fingerprint density at radius 1 is 1.58 bits per heavy atom. The van der Waals surface area contributed by atoms with Crippen LogP contribution in [0.15, 0.2) is 16.5 Å². The van der Waals surface area contributed by atoms with Crippen LogP contribution in [0.3, 0.4) is 0 Å². The Kier molecular flexibility index (Phi) is 6.75. The molecule has 0 aromatic carbocycles. The highest BCUT2D eigenvalue weighted by Gasteiger charge is 2.19. The van der Waals surface area contributed by atoms with Crippen LogP contribution in [0.25, 0.3) is 0 Å². The van der Waals surface area contributed by atoms with Crippen LogP contribution in [0.5, 0.6) is 0 Å². The third kappa shape index (κ3) is 5.09. The summed E-state index contributed by atoms with van der Waals surface area (Å²) in [5, 5.41) is 3.38. The van der Waals surface area contributed by atoms with Gasteiger partial charge in [0.15, 0.2) is 0 Å². The lowest BCUT2D eigenvalue weighted by molar-refractivity contribution is -0.131. The molecule has 2 heterocycles. The smallest absolute Gasteiger partial charge is 0.224 e. The van der Waals surface area contributed by atoms with E-state index in [-0.39, 0.29) is 18.3 Å². The summed E-state index contributed by atoms with van der Waals surface area (Å²) in [5.41, 5.74) is 0. The van der Waals surface area contributed by atoms with Crippen LogP contribution in [0, 0.1) is 6.92 Å². The molecular weight excluding hydrogens is 284 g/mol. The SMILES string of the molecule is Cc1ccc(CN(C)C(=O)CC2CSCCN2)o1.Cl. The molecule has 1 atom stereocenters. The second kappa shape index (κ2) is 7.82. The molecule has 1 N–H and O–H groups in total. The molecule has 4 nitrogen and oxygen atoms in total. The van der Waals surface area contributed by atoms with E-state index in [2.05, 4.69) is 5.32 Å². The standard InChI is InChI=1S/C13H20N2O2S.ClH/c1-10-3-4-12(17-10)8-15(2)13(16)7-11-9-18-6-5-14-11;/h3-4,11,14H,5-9H2,1-2H3;1H. The summed E-state index contributed by atoms with van der Waals surface area (Å²) >= 11 is 1.91. The summed E-state index contributed by atoms with van der Waals surface area (Å²) in [7, 11) is 1.83. The second-order valence-corrected chi connectivity index (χ2v) is 5.84. The maximum atomic E-state index is 12.1. The van der Waals surface area contributed by atoms with E-state index >= 15 is 0 Å². The van der Waals surface area contributed by atoms with E-state index in [1.54, 1.807) is 4.90 Å². The van der Waals surface area contributed by atoms with Gasteiger partial charge in [0.2, 0.25) is 5.91 Å². The molecule has 0 radical (unpaired) electrons. The highest BCUT2D eigenvalue weighted by Crippen LogP contribution is 2.13. The van der Waals surface area contributed by atoms with Gasteiger partial charge in [-0.2, -0.15) is 11.8 Å². The van der Waals surface area contributed by atoms with E-state index in [0.717, 1.165) is 29.6 Å². The van der Waals surface area contributed by atoms with Crippen molar-refractivity contribution in [2.45, 2.75) is 25.9 Å². The number of carbonyl (C=O) groups excluding carboxylic acids is 1. The summed E-state index contributed by atoms with van der Waals surface area (Å²) in [6.07, 6.45) is 0.573. The predicted octanol–water partition coefficient (Wildman–Crippen LogP) is 2.06. The number of carbonyl (C=O) groups is 1. The number of aryl methyl sites for hydroxylation is 1. The van der Waals surface area contributed by atoms with E-state index in [1.165, 1.54) is 0 Å². The van der Waals surface area contributed by atoms with Gasteiger partial charge in [0.1, 0.15) is 11.5 Å². The summed E-state index contributed by atoms with van der Waals surface area (Å²) < 4.78 is 5.48. The number of nitrogens with zero attached hydrogens (tertiary/aromatic N) is 1. The van der Waals surface area contributed by atoms with Gasteiger partial charge in [-0.15, -0.1) is 12.4 Å². The number of hydrogen-bond donors (Lipinski definition) is 1.